The molecule has 0 unspecified atom stereocenters. The van der Waals surface area contributed by atoms with E-state index in [1.165, 1.54) is 7.11 Å². The van der Waals surface area contributed by atoms with Gasteiger partial charge in [-0.05, 0) is 31.0 Å². The van der Waals surface area contributed by atoms with E-state index in [4.69, 9.17) is 21.4 Å². The first-order valence-electron chi connectivity index (χ1n) is 7.34. The van der Waals surface area contributed by atoms with E-state index in [-0.39, 0.29) is 17.4 Å². The van der Waals surface area contributed by atoms with Crippen LogP contribution in [0.15, 0.2) is 18.2 Å². The Balaban J connectivity index is 2.19. The molecular weight excluding hydrogens is 306 g/mol. The van der Waals surface area contributed by atoms with Crippen LogP contribution in [-0.2, 0) is 4.79 Å². The first-order valence-corrected chi connectivity index (χ1v) is 7.71. The van der Waals surface area contributed by atoms with E-state index in [0.29, 0.717) is 24.2 Å². The Morgan fingerprint density at radius 2 is 2.00 bits per heavy atom. The van der Waals surface area contributed by atoms with Gasteiger partial charge >= 0.3 is 5.97 Å². The molecule has 5 nitrogen and oxygen atoms in total. The number of carboxylic acids is 1. The number of ether oxygens (including phenoxy) is 1. The lowest BCUT2D eigenvalue weighted by molar-refractivity contribution is -0.139. The summed E-state index contributed by atoms with van der Waals surface area (Å²) in [6, 6.07) is 4.82. The van der Waals surface area contributed by atoms with Crippen LogP contribution in [0, 0.1) is 0 Å². The van der Waals surface area contributed by atoms with E-state index < -0.39 is 11.5 Å². The molecule has 1 aliphatic carbocycles. The van der Waals surface area contributed by atoms with Crippen molar-refractivity contribution in [3.05, 3.63) is 28.8 Å². The maximum Gasteiger partial charge on any atom is 0.305 e. The third-order valence-electron chi connectivity index (χ3n) is 4.10. The summed E-state index contributed by atoms with van der Waals surface area (Å²) in [6.45, 7) is 0. The Kier molecular flexibility index (Phi) is 5.29. The predicted octanol–water partition coefficient (Wildman–Crippen LogP) is 3.26. The van der Waals surface area contributed by atoms with Crippen LogP contribution < -0.4 is 10.1 Å². The Morgan fingerprint density at radius 1 is 1.32 bits per heavy atom. The first kappa shape index (κ1) is 16.6. The van der Waals surface area contributed by atoms with Crippen LogP contribution in [0.3, 0.4) is 0 Å². The molecule has 1 amide bonds. The molecule has 0 aromatic heterocycles. The SMILES string of the molecule is COc1ccc(C(=O)NC2(CC(=O)O)CCCCC2)c(Cl)c1. The van der Waals surface area contributed by atoms with Gasteiger partial charge in [-0.15, -0.1) is 0 Å². The predicted molar refractivity (Wildman–Crippen MR) is 83.5 cm³/mol. The number of benzene rings is 1. The monoisotopic (exact) mass is 325 g/mol. The third kappa shape index (κ3) is 3.91. The number of methoxy groups -OCH3 is 1. The zero-order valence-electron chi connectivity index (χ0n) is 12.5. The standard InChI is InChI=1S/C16H20ClNO4/c1-22-11-5-6-12(13(17)9-11)15(21)18-16(10-14(19)20)7-3-2-4-8-16/h5-6,9H,2-4,7-8,10H2,1H3,(H,18,21)(H,19,20). The topological polar surface area (TPSA) is 75.6 Å². The maximum absolute atomic E-state index is 12.5. The molecule has 0 saturated heterocycles. The van der Waals surface area contributed by atoms with Crippen molar-refractivity contribution in [2.45, 2.75) is 44.1 Å². The summed E-state index contributed by atoms with van der Waals surface area (Å²) in [5.74, 6) is -0.668. The number of amides is 1. The van der Waals surface area contributed by atoms with Gasteiger partial charge in [0.25, 0.3) is 5.91 Å². The second-order valence-electron chi connectivity index (χ2n) is 5.71. The fourth-order valence-corrected chi connectivity index (χ4v) is 3.24. The number of aliphatic carboxylic acids is 1. The molecule has 1 aliphatic rings. The van der Waals surface area contributed by atoms with Crippen molar-refractivity contribution < 1.29 is 19.4 Å². The van der Waals surface area contributed by atoms with Crippen LogP contribution in [0.5, 0.6) is 5.75 Å². The molecule has 6 heteroatoms. The van der Waals surface area contributed by atoms with Gasteiger partial charge in [0.1, 0.15) is 5.75 Å². The van der Waals surface area contributed by atoms with Gasteiger partial charge in [0, 0.05) is 0 Å². The molecule has 120 valence electrons. The highest BCUT2D eigenvalue weighted by atomic mass is 35.5. The van der Waals surface area contributed by atoms with Gasteiger partial charge in [0.05, 0.1) is 29.7 Å². The quantitative estimate of drug-likeness (QED) is 0.871. The molecule has 2 N–H and O–H groups in total. The zero-order chi connectivity index (χ0) is 16.2. The molecule has 0 aliphatic heterocycles. The smallest absolute Gasteiger partial charge is 0.305 e. The highest BCUT2D eigenvalue weighted by molar-refractivity contribution is 6.34. The summed E-state index contributed by atoms with van der Waals surface area (Å²) in [5, 5.41) is 12.3. The number of carbonyl (C=O) groups excluding carboxylic acids is 1. The lowest BCUT2D eigenvalue weighted by Crippen LogP contribution is -2.51. The van der Waals surface area contributed by atoms with Crippen molar-refractivity contribution in [1.29, 1.82) is 0 Å². The van der Waals surface area contributed by atoms with Crippen LogP contribution in [0.2, 0.25) is 5.02 Å². The minimum Gasteiger partial charge on any atom is -0.497 e. The van der Waals surface area contributed by atoms with E-state index in [1.54, 1.807) is 18.2 Å². The van der Waals surface area contributed by atoms with Gasteiger partial charge < -0.3 is 15.2 Å². The fourth-order valence-electron chi connectivity index (χ4n) is 2.98. The molecule has 0 spiro atoms. The fraction of sp³-hybridized carbons (Fsp3) is 0.500. The number of rotatable bonds is 5. The second kappa shape index (κ2) is 7.01. The van der Waals surface area contributed by atoms with Gasteiger partial charge in [0.2, 0.25) is 0 Å². The van der Waals surface area contributed by atoms with E-state index in [2.05, 4.69) is 5.32 Å². The van der Waals surface area contributed by atoms with E-state index >= 15 is 0 Å². The Morgan fingerprint density at radius 3 is 2.55 bits per heavy atom. The molecule has 0 heterocycles. The number of carboxylic acid groups (broad SMARTS) is 1. The molecular formula is C16H20ClNO4. The van der Waals surface area contributed by atoms with Crippen molar-refractivity contribution in [2.75, 3.05) is 7.11 Å². The summed E-state index contributed by atoms with van der Waals surface area (Å²) >= 11 is 6.11. The van der Waals surface area contributed by atoms with Crippen molar-refractivity contribution in [3.63, 3.8) is 0 Å². The van der Waals surface area contributed by atoms with Crippen molar-refractivity contribution in [3.8, 4) is 5.75 Å². The lowest BCUT2D eigenvalue weighted by atomic mass is 9.79. The number of hydrogen-bond acceptors (Lipinski definition) is 3. The van der Waals surface area contributed by atoms with Crippen LogP contribution in [0.4, 0.5) is 0 Å². The van der Waals surface area contributed by atoms with Crippen LogP contribution in [-0.4, -0.2) is 29.6 Å². The highest BCUT2D eigenvalue weighted by Crippen LogP contribution is 2.32. The van der Waals surface area contributed by atoms with Crippen molar-refractivity contribution in [2.24, 2.45) is 0 Å². The van der Waals surface area contributed by atoms with Gasteiger partial charge in [-0.25, -0.2) is 0 Å². The van der Waals surface area contributed by atoms with Crippen LogP contribution >= 0.6 is 11.6 Å². The summed E-state index contributed by atoms with van der Waals surface area (Å²) < 4.78 is 5.06. The minimum atomic E-state index is -0.900. The van der Waals surface area contributed by atoms with Crippen molar-refractivity contribution >= 4 is 23.5 Å². The maximum atomic E-state index is 12.5. The van der Waals surface area contributed by atoms with Crippen LogP contribution in [0.25, 0.3) is 0 Å². The number of halogens is 1. The average Bonchev–Trinajstić information content (AvgIpc) is 2.46. The second-order valence-corrected chi connectivity index (χ2v) is 6.12. The largest absolute Gasteiger partial charge is 0.497 e. The normalized spacial score (nSPS) is 16.8. The summed E-state index contributed by atoms with van der Waals surface area (Å²) in [5.41, 5.74) is -0.345. The molecule has 0 radical (unpaired) electrons. The van der Waals surface area contributed by atoms with Gasteiger partial charge in [-0.3, -0.25) is 9.59 Å². The van der Waals surface area contributed by atoms with E-state index in [9.17, 15) is 9.59 Å². The molecule has 1 aromatic rings. The van der Waals surface area contributed by atoms with Gasteiger partial charge in [-0.1, -0.05) is 30.9 Å². The minimum absolute atomic E-state index is 0.0630. The summed E-state index contributed by atoms with van der Waals surface area (Å²) in [7, 11) is 1.52. The first-order chi connectivity index (χ1) is 10.5. The molecule has 1 fully saturated rings. The van der Waals surface area contributed by atoms with Crippen LogP contribution in [0.1, 0.15) is 48.9 Å². The molecule has 22 heavy (non-hydrogen) atoms. The highest BCUT2D eigenvalue weighted by Gasteiger charge is 2.36. The summed E-state index contributed by atoms with van der Waals surface area (Å²) in [4.78, 5) is 23.6. The van der Waals surface area contributed by atoms with Crippen molar-refractivity contribution in [1.82, 2.24) is 5.32 Å². The molecule has 1 aromatic carbocycles. The zero-order valence-corrected chi connectivity index (χ0v) is 13.3. The van der Waals surface area contributed by atoms with Gasteiger partial charge in [0.15, 0.2) is 0 Å². The molecule has 0 bridgehead atoms. The lowest BCUT2D eigenvalue weighted by Gasteiger charge is -2.37. The Bertz CT molecular complexity index is 567. The van der Waals surface area contributed by atoms with Gasteiger partial charge in [-0.2, -0.15) is 0 Å². The van der Waals surface area contributed by atoms with E-state index in [1.807, 2.05) is 0 Å². The molecule has 0 atom stereocenters. The average molecular weight is 326 g/mol. The Labute approximate surface area is 134 Å². The number of carbonyl (C=O) groups is 2. The number of hydrogen-bond donors (Lipinski definition) is 2. The van der Waals surface area contributed by atoms with E-state index in [0.717, 1.165) is 19.3 Å². The Hall–Kier alpha value is -1.75. The summed E-state index contributed by atoms with van der Waals surface area (Å²) in [6.07, 6.45) is 4.21. The molecule has 2 rings (SSSR count). The molecule has 1 saturated carbocycles. The third-order valence-corrected chi connectivity index (χ3v) is 4.41. The number of nitrogens with one attached hydrogen (secondary N) is 1.